The smallest absolute Gasteiger partial charge is 0.195 e. The molecular formula is C16H22ClNO3S. The zero-order valence-electron chi connectivity index (χ0n) is 13.2. The fourth-order valence-corrected chi connectivity index (χ4v) is 2.92. The minimum absolute atomic E-state index is 0.346. The summed E-state index contributed by atoms with van der Waals surface area (Å²) in [6, 6.07) is 7.51. The lowest BCUT2D eigenvalue weighted by Crippen LogP contribution is -2.27. The quantitative estimate of drug-likeness (QED) is 0.763. The van der Waals surface area contributed by atoms with Crippen molar-refractivity contribution >= 4 is 28.8 Å². The molecule has 1 saturated heterocycles. The van der Waals surface area contributed by atoms with E-state index in [4.69, 9.17) is 21.1 Å². The van der Waals surface area contributed by atoms with Crippen LogP contribution in [0.3, 0.4) is 0 Å². The Morgan fingerprint density at radius 1 is 1.36 bits per heavy atom. The van der Waals surface area contributed by atoms with Gasteiger partial charge in [-0.05, 0) is 39.3 Å². The van der Waals surface area contributed by atoms with Crippen LogP contribution in [0.5, 0.6) is 0 Å². The molecule has 0 unspecified atom stereocenters. The summed E-state index contributed by atoms with van der Waals surface area (Å²) in [5.74, 6) is -0.778. The molecule has 1 atom stereocenters. The molecule has 1 fully saturated rings. The van der Waals surface area contributed by atoms with Gasteiger partial charge in [-0.2, -0.15) is 4.40 Å². The zero-order chi connectivity index (χ0) is 16.2. The molecule has 6 heteroatoms. The van der Waals surface area contributed by atoms with Crippen LogP contribution in [0.1, 0.15) is 39.2 Å². The van der Waals surface area contributed by atoms with E-state index in [0.717, 1.165) is 5.56 Å². The van der Waals surface area contributed by atoms with Crippen LogP contribution >= 0.6 is 11.6 Å². The Hall–Kier alpha value is -0.750. The number of ether oxygens (including phenoxy) is 2. The minimum atomic E-state index is -1.24. The van der Waals surface area contributed by atoms with Gasteiger partial charge < -0.3 is 9.47 Å². The van der Waals surface area contributed by atoms with Gasteiger partial charge in [0.05, 0.1) is 18.0 Å². The highest BCUT2D eigenvalue weighted by atomic mass is 35.5. The number of rotatable bonds is 5. The molecule has 22 heavy (non-hydrogen) atoms. The van der Waals surface area contributed by atoms with Gasteiger partial charge in [0, 0.05) is 23.2 Å². The molecular weight excluding hydrogens is 322 g/mol. The lowest BCUT2D eigenvalue weighted by atomic mass is 10.0. The van der Waals surface area contributed by atoms with Gasteiger partial charge in [0.25, 0.3) is 0 Å². The number of benzene rings is 1. The highest BCUT2D eigenvalue weighted by Crippen LogP contribution is 2.36. The Balaban J connectivity index is 2.04. The molecule has 1 aliphatic heterocycles. The topological polar surface area (TPSA) is 47.9 Å². The Bertz CT molecular complexity index is 563. The third kappa shape index (κ3) is 4.38. The van der Waals surface area contributed by atoms with Crippen molar-refractivity contribution in [3.05, 3.63) is 34.9 Å². The summed E-state index contributed by atoms with van der Waals surface area (Å²) in [5.41, 5.74) is 0.905. The molecule has 1 aromatic rings. The van der Waals surface area contributed by atoms with Crippen molar-refractivity contribution in [1.29, 1.82) is 0 Å². The molecule has 0 radical (unpaired) electrons. The van der Waals surface area contributed by atoms with E-state index in [1.807, 2.05) is 45.0 Å². The summed E-state index contributed by atoms with van der Waals surface area (Å²) in [6.07, 6.45) is 2.92. The van der Waals surface area contributed by atoms with Gasteiger partial charge in [0.1, 0.15) is 11.0 Å². The molecule has 1 heterocycles. The summed E-state index contributed by atoms with van der Waals surface area (Å²) in [6.45, 7) is 6.81. The molecule has 0 N–H and O–H groups in total. The van der Waals surface area contributed by atoms with Gasteiger partial charge in [-0.15, -0.1) is 0 Å². The van der Waals surface area contributed by atoms with Crippen molar-refractivity contribution in [3.63, 3.8) is 0 Å². The van der Waals surface area contributed by atoms with Crippen LogP contribution in [-0.4, -0.2) is 28.4 Å². The average Bonchev–Trinajstić information content (AvgIpc) is 2.92. The van der Waals surface area contributed by atoms with E-state index in [1.165, 1.54) is 0 Å². The Morgan fingerprint density at radius 2 is 2.05 bits per heavy atom. The Morgan fingerprint density at radius 3 is 2.64 bits per heavy atom. The van der Waals surface area contributed by atoms with E-state index in [-0.39, 0.29) is 4.75 Å². The normalized spacial score (nSPS) is 19.6. The zero-order valence-corrected chi connectivity index (χ0v) is 14.7. The molecule has 0 aromatic heterocycles. The van der Waals surface area contributed by atoms with Crippen molar-refractivity contribution in [1.82, 2.24) is 0 Å². The number of nitrogens with zero attached hydrogens (tertiary/aromatic N) is 1. The third-order valence-electron chi connectivity index (χ3n) is 3.31. The Labute approximate surface area is 139 Å². The fourth-order valence-electron chi connectivity index (χ4n) is 2.17. The van der Waals surface area contributed by atoms with E-state index in [0.29, 0.717) is 31.1 Å². The second-order valence-electron chi connectivity index (χ2n) is 6.15. The molecule has 0 amide bonds. The van der Waals surface area contributed by atoms with Crippen molar-refractivity contribution in [2.45, 2.75) is 44.1 Å². The number of hydrogen-bond donors (Lipinski definition) is 0. The number of hydrogen-bond acceptors (Lipinski definition) is 3. The van der Waals surface area contributed by atoms with Crippen LogP contribution in [0.25, 0.3) is 0 Å². The lowest BCUT2D eigenvalue weighted by molar-refractivity contribution is -0.169. The highest BCUT2D eigenvalue weighted by molar-refractivity contribution is 7.85. The second kappa shape index (κ2) is 7.21. The highest BCUT2D eigenvalue weighted by Gasteiger charge is 2.38. The summed E-state index contributed by atoms with van der Waals surface area (Å²) in [5, 5.41) is 0.651. The molecule has 1 aliphatic rings. The summed E-state index contributed by atoms with van der Waals surface area (Å²) < 4.78 is 27.3. The minimum Gasteiger partial charge on any atom is -0.343 e. The molecule has 0 spiro atoms. The maximum Gasteiger partial charge on any atom is 0.195 e. The molecule has 4 nitrogen and oxygen atoms in total. The molecule has 0 saturated carbocycles. The van der Waals surface area contributed by atoms with Gasteiger partial charge >= 0.3 is 0 Å². The SMILES string of the molecule is CC(C)(C)[S@](=O)N=CCCC1(c2cccc(Cl)c2)OCCO1. The maximum absolute atomic E-state index is 11.9. The molecule has 122 valence electrons. The molecule has 0 bridgehead atoms. The van der Waals surface area contributed by atoms with E-state index < -0.39 is 16.8 Å². The standard InChI is InChI=1S/C16H22ClNO3S/c1-15(2,3)22(19)18-9-5-8-16(20-10-11-21-16)13-6-4-7-14(17)12-13/h4,6-7,9,12H,5,8,10-11H2,1-3H3/t22-/m0/s1. The Kier molecular flexibility index (Phi) is 5.77. The van der Waals surface area contributed by atoms with Gasteiger partial charge in [-0.25, -0.2) is 4.21 Å². The molecule has 2 rings (SSSR count). The average molecular weight is 344 g/mol. The van der Waals surface area contributed by atoms with Gasteiger partial charge in [-0.1, -0.05) is 23.7 Å². The summed E-state index contributed by atoms with van der Waals surface area (Å²) >= 11 is 6.06. The van der Waals surface area contributed by atoms with E-state index in [2.05, 4.69) is 4.40 Å². The van der Waals surface area contributed by atoms with Crippen LogP contribution in [0.4, 0.5) is 0 Å². The largest absolute Gasteiger partial charge is 0.343 e. The molecule has 1 aromatic carbocycles. The van der Waals surface area contributed by atoms with Crippen LogP contribution in [-0.2, 0) is 26.2 Å². The van der Waals surface area contributed by atoms with Crippen molar-refractivity contribution < 1.29 is 13.7 Å². The first-order chi connectivity index (χ1) is 10.3. The third-order valence-corrected chi connectivity index (χ3v) is 4.94. The van der Waals surface area contributed by atoms with Gasteiger partial charge in [0.15, 0.2) is 5.79 Å². The van der Waals surface area contributed by atoms with Crippen LogP contribution in [0, 0.1) is 0 Å². The van der Waals surface area contributed by atoms with Crippen LogP contribution in [0.2, 0.25) is 5.02 Å². The predicted octanol–water partition coefficient (Wildman–Crippen LogP) is 3.85. The fraction of sp³-hybridized carbons (Fsp3) is 0.562. The van der Waals surface area contributed by atoms with Crippen LogP contribution in [0.15, 0.2) is 28.7 Å². The monoisotopic (exact) mass is 343 g/mol. The van der Waals surface area contributed by atoms with Gasteiger partial charge in [-0.3, -0.25) is 0 Å². The van der Waals surface area contributed by atoms with Crippen molar-refractivity contribution in [2.24, 2.45) is 4.40 Å². The van der Waals surface area contributed by atoms with Gasteiger partial charge in [0.2, 0.25) is 0 Å². The summed E-state index contributed by atoms with van der Waals surface area (Å²) in [4.78, 5) is 0. The van der Waals surface area contributed by atoms with E-state index in [1.54, 1.807) is 6.21 Å². The maximum atomic E-state index is 11.9. The first-order valence-electron chi connectivity index (χ1n) is 7.32. The predicted molar refractivity (Wildman–Crippen MR) is 90.7 cm³/mol. The lowest BCUT2D eigenvalue weighted by Gasteiger charge is -2.27. The number of halogens is 1. The van der Waals surface area contributed by atoms with Crippen molar-refractivity contribution in [3.8, 4) is 0 Å². The van der Waals surface area contributed by atoms with E-state index >= 15 is 0 Å². The summed E-state index contributed by atoms with van der Waals surface area (Å²) in [7, 11) is -1.24. The van der Waals surface area contributed by atoms with Crippen LogP contribution < -0.4 is 0 Å². The second-order valence-corrected chi connectivity index (χ2v) is 8.52. The van der Waals surface area contributed by atoms with E-state index in [9.17, 15) is 4.21 Å². The first-order valence-corrected chi connectivity index (χ1v) is 8.80. The first kappa shape index (κ1) is 17.6. The van der Waals surface area contributed by atoms with Crippen molar-refractivity contribution in [2.75, 3.05) is 13.2 Å². The molecule has 0 aliphatic carbocycles.